The summed E-state index contributed by atoms with van der Waals surface area (Å²) in [5.74, 6) is 0. The van der Waals surface area contributed by atoms with Gasteiger partial charge >= 0.3 is 0 Å². The molecule has 0 aliphatic rings. The van der Waals surface area contributed by atoms with Gasteiger partial charge in [0.05, 0.1) is 20.6 Å². The van der Waals surface area contributed by atoms with E-state index < -0.39 is 0 Å². The minimum absolute atomic E-state index is 0.223. The summed E-state index contributed by atoms with van der Waals surface area (Å²) in [6.07, 6.45) is 0. The zero-order valence-electron chi connectivity index (χ0n) is 13.7. The molecule has 0 bridgehead atoms. The lowest BCUT2D eigenvalue weighted by atomic mass is 10.1. The minimum atomic E-state index is 0.223. The van der Waals surface area contributed by atoms with E-state index in [-0.39, 0.29) is 6.04 Å². The monoisotopic (exact) mass is 348 g/mol. The Morgan fingerprint density at radius 1 is 1.13 bits per heavy atom. The molecular weight excluding hydrogens is 326 g/mol. The molecule has 1 atom stereocenters. The van der Waals surface area contributed by atoms with Crippen molar-refractivity contribution in [1.29, 1.82) is 0 Å². The second-order valence-corrected chi connectivity index (χ2v) is 6.62. The van der Waals surface area contributed by atoms with Crippen LogP contribution >= 0.6 is 23.8 Å². The first kappa shape index (κ1) is 17.7. The molecule has 0 aromatic heterocycles. The molecule has 0 radical (unpaired) electrons. The van der Waals surface area contributed by atoms with E-state index >= 15 is 0 Å². The summed E-state index contributed by atoms with van der Waals surface area (Å²) in [4.78, 5) is 1.30. The van der Waals surface area contributed by atoms with Crippen LogP contribution in [-0.4, -0.2) is 25.8 Å². The fourth-order valence-electron chi connectivity index (χ4n) is 2.46. The predicted octanol–water partition coefficient (Wildman–Crippen LogP) is 2.82. The number of nitrogens with one attached hydrogen (secondary N) is 3. The Bertz CT molecular complexity index is 673. The summed E-state index contributed by atoms with van der Waals surface area (Å²) < 4.78 is 0. The lowest BCUT2D eigenvalue weighted by Gasteiger charge is -2.24. The van der Waals surface area contributed by atoms with Crippen LogP contribution in [0.1, 0.15) is 17.2 Å². The molecule has 0 amide bonds. The number of likely N-dealkylation sites (N-methyl/N-ethyl adjacent to an activating group) is 1. The highest BCUT2D eigenvalue weighted by atomic mass is 35.5. The van der Waals surface area contributed by atoms with Gasteiger partial charge in [-0.1, -0.05) is 48.0 Å². The number of anilines is 1. The molecule has 0 aliphatic carbocycles. The molecule has 0 unspecified atom stereocenters. The summed E-state index contributed by atoms with van der Waals surface area (Å²) in [6, 6.07) is 16.3. The molecule has 0 saturated heterocycles. The molecule has 122 valence electrons. The maximum absolute atomic E-state index is 6.34. The number of aryl methyl sites for hydroxylation is 1. The molecule has 2 rings (SSSR count). The molecule has 0 aliphatic heterocycles. The molecule has 2 aromatic rings. The SMILES string of the molecule is Cc1ccccc1NC(=S)NC[C@H](c1ccccc1Cl)[NH+](C)C. The molecule has 0 spiro atoms. The van der Waals surface area contributed by atoms with Crippen LogP contribution in [0.2, 0.25) is 5.02 Å². The lowest BCUT2D eigenvalue weighted by Crippen LogP contribution is -3.07. The lowest BCUT2D eigenvalue weighted by molar-refractivity contribution is -0.890. The van der Waals surface area contributed by atoms with E-state index in [1.165, 1.54) is 4.90 Å². The Morgan fingerprint density at radius 2 is 1.78 bits per heavy atom. The van der Waals surface area contributed by atoms with Crippen LogP contribution in [0.5, 0.6) is 0 Å². The van der Waals surface area contributed by atoms with Gasteiger partial charge in [0.15, 0.2) is 5.11 Å². The van der Waals surface area contributed by atoms with Gasteiger partial charge in [-0.25, -0.2) is 0 Å². The average molecular weight is 349 g/mol. The third kappa shape index (κ3) is 4.93. The third-order valence-corrected chi connectivity index (χ3v) is 4.43. The number of rotatable bonds is 5. The van der Waals surface area contributed by atoms with Crippen molar-refractivity contribution in [2.24, 2.45) is 0 Å². The van der Waals surface area contributed by atoms with Gasteiger partial charge in [0.2, 0.25) is 0 Å². The summed E-state index contributed by atoms with van der Waals surface area (Å²) in [6.45, 7) is 2.77. The van der Waals surface area contributed by atoms with E-state index in [0.29, 0.717) is 11.7 Å². The van der Waals surface area contributed by atoms with Crippen LogP contribution in [0, 0.1) is 6.92 Å². The number of benzene rings is 2. The first-order chi connectivity index (χ1) is 11.0. The molecular formula is C18H23ClN3S+. The quantitative estimate of drug-likeness (QED) is 0.726. The predicted molar refractivity (Wildman–Crippen MR) is 102 cm³/mol. The van der Waals surface area contributed by atoms with Crippen molar-refractivity contribution in [1.82, 2.24) is 5.32 Å². The standard InChI is InChI=1S/C18H22ClN3S/c1-13-8-4-7-11-16(13)21-18(23)20-12-17(22(2)3)14-9-5-6-10-15(14)19/h4-11,17H,12H2,1-3H3,(H2,20,21,23)/p+1/t17-/m1/s1. The number of thiocarbonyl (C=S) groups is 1. The zero-order valence-corrected chi connectivity index (χ0v) is 15.3. The summed E-state index contributed by atoms with van der Waals surface area (Å²) in [5, 5.41) is 7.97. The van der Waals surface area contributed by atoms with Crippen molar-refractivity contribution in [3.63, 3.8) is 0 Å². The molecule has 0 fully saturated rings. The fourth-order valence-corrected chi connectivity index (χ4v) is 2.92. The van der Waals surface area contributed by atoms with Gasteiger partial charge in [-0.05, 0) is 36.8 Å². The van der Waals surface area contributed by atoms with Crippen LogP contribution in [-0.2, 0) is 0 Å². The average Bonchev–Trinajstić information content (AvgIpc) is 2.51. The van der Waals surface area contributed by atoms with Gasteiger partial charge in [0, 0.05) is 16.3 Å². The van der Waals surface area contributed by atoms with E-state index in [1.54, 1.807) is 0 Å². The molecule has 5 heteroatoms. The van der Waals surface area contributed by atoms with Crippen LogP contribution in [0.3, 0.4) is 0 Å². The maximum Gasteiger partial charge on any atom is 0.171 e. The number of halogens is 1. The molecule has 23 heavy (non-hydrogen) atoms. The zero-order chi connectivity index (χ0) is 16.8. The Balaban J connectivity index is 2.01. The van der Waals surface area contributed by atoms with E-state index in [1.807, 2.05) is 36.4 Å². The molecule has 3 N–H and O–H groups in total. The number of para-hydroxylation sites is 1. The molecule has 0 heterocycles. The number of hydrogen-bond acceptors (Lipinski definition) is 1. The topological polar surface area (TPSA) is 28.5 Å². The highest BCUT2D eigenvalue weighted by Crippen LogP contribution is 2.20. The maximum atomic E-state index is 6.34. The van der Waals surface area contributed by atoms with Gasteiger partial charge < -0.3 is 15.5 Å². The normalized spacial score (nSPS) is 12.0. The summed E-state index contributed by atoms with van der Waals surface area (Å²) >= 11 is 11.8. The van der Waals surface area contributed by atoms with Gasteiger partial charge in [-0.3, -0.25) is 0 Å². The fraction of sp³-hybridized carbons (Fsp3) is 0.278. The second-order valence-electron chi connectivity index (χ2n) is 5.80. The van der Waals surface area contributed by atoms with Crippen LogP contribution in [0.15, 0.2) is 48.5 Å². The van der Waals surface area contributed by atoms with Crippen molar-refractivity contribution in [2.75, 3.05) is 26.0 Å². The first-order valence-electron chi connectivity index (χ1n) is 7.64. The van der Waals surface area contributed by atoms with Crippen molar-refractivity contribution in [2.45, 2.75) is 13.0 Å². The highest BCUT2D eigenvalue weighted by molar-refractivity contribution is 7.80. The molecule has 2 aromatic carbocycles. The van der Waals surface area contributed by atoms with Crippen molar-refractivity contribution < 1.29 is 4.90 Å². The molecule has 0 saturated carbocycles. The number of hydrogen-bond donors (Lipinski definition) is 3. The van der Waals surface area contributed by atoms with Gasteiger partial charge in [0.25, 0.3) is 0 Å². The van der Waals surface area contributed by atoms with Gasteiger partial charge in [-0.15, -0.1) is 0 Å². The number of quaternary nitrogens is 1. The highest BCUT2D eigenvalue weighted by Gasteiger charge is 2.20. The Labute approximate surface area is 148 Å². The van der Waals surface area contributed by atoms with Crippen molar-refractivity contribution in [3.8, 4) is 0 Å². The van der Waals surface area contributed by atoms with Crippen molar-refractivity contribution >= 4 is 34.6 Å². The third-order valence-electron chi connectivity index (χ3n) is 3.84. The van der Waals surface area contributed by atoms with E-state index in [9.17, 15) is 0 Å². The van der Waals surface area contributed by atoms with Crippen LogP contribution in [0.25, 0.3) is 0 Å². The van der Waals surface area contributed by atoms with E-state index in [2.05, 4.69) is 43.8 Å². The minimum Gasteiger partial charge on any atom is -0.356 e. The Hall–Kier alpha value is -1.62. The largest absolute Gasteiger partial charge is 0.356 e. The second kappa shape index (κ2) is 8.29. The van der Waals surface area contributed by atoms with Crippen LogP contribution in [0.4, 0.5) is 5.69 Å². The van der Waals surface area contributed by atoms with E-state index in [4.69, 9.17) is 23.8 Å². The van der Waals surface area contributed by atoms with Gasteiger partial charge in [-0.2, -0.15) is 0 Å². The van der Waals surface area contributed by atoms with Crippen LogP contribution < -0.4 is 15.5 Å². The summed E-state index contributed by atoms with van der Waals surface area (Å²) in [7, 11) is 4.24. The Kier molecular flexibility index (Phi) is 6.39. The first-order valence-corrected chi connectivity index (χ1v) is 8.42. The molecule has 3 nitrogen and oxygen atoms in total. The van der Waals surface area contributed by atoms with Gasteiger partial charge in [0.1, 0.15) is 6.04 Å². The summed E-state index contributed by atoms with van der Waals surface area (Å²) in [5.41, 5.74) is 3.31. The smallest absolute Gasteiger partial charge is 0.171 e. The van der Waals surface area contributed by atoms with Crippen molar-refractivity contribution in [3.05, 3.63) is 64.7 Å². The Morgan fingerprint density at radius 3 is 2.43 bits per heavy atom. The van der Waals surface area contributed by atoms with E-state index in [0.717, 1.165) is 21.8 Å².